The van der Waals surface area contributed by atoms with Gasteiger partial charge in [0.2, 0.25) is 15.9 Å². The summed E-state index contributed by atoms with van der Waals surface area (Å²) in [4.78, 5) is 11.6. The maximum absolute atomic E-state index is 12.8. The zero-order valence-electron chi connectivity index (χ0n) is 11.9. The molecule has 0 atom stereocenters. The molecule has 0 aliphatic carbocycles. The van der Waals surface area contributed by atoms with Crippen molar-refractivity contribution < 1.29 is 17.6 Å². The average molecular weight is 357 g/mol. The van der Waals surface area contributed by atoms with Gasteiger partial charge >= 0.3 is 0 Å². The molecule has 0 radical (unpaired) electrons. The van der Waals surface area contributed by atoms with Crippen LogP contribution in [-0.4, -0.2) is 20.9 Å². The van der Waals surface area contributed by atoms with Gasteiger partial charge in [-0.05, 0) is 42.0 Å². The number of nitrogens with one attached hydrogen (secondary N) is 2. The minimum Gasteiger partial charge on any atom is -0.351 e. The molecule has 23 heavy (non-hydrogen) atoms. The van der Waals surface area contributed by atoms with E-state index in [1.54, 1.807) is 24.3 Å². The molecule has 122 valence electrons. The van der Waals surface area contributed by atoms with E-state index in [9.17, 15) is 17.6 Å². The molecule has 0 aliphatic rings. The summed E-state index contributed by atoms with van der Waals surface area (Å²) in [6.45, 7) is -0.183. The number of sulfonamides is 1. The van der Waals surface area contributed by atoms with Gasteiger partial charge in [-0.1, -0.05) is 23.7 Å². The molecule has 8 heteroatoms. The van der Waals surface area contributed by atoms with Gasteiger partial charge < -0.3 is 5.32 Å². The summed E-state index contributed by atoms with van der Waals surface area (Å²) in [5, 5.41) is 3.12. The molecule has 0 unspecified atom stereocenters. The number of hydrogen-bond acceptors (Lipinski definition) is 3. The smallest absolute Gasteiger partial charge is 0.241 e. The van der Waals surface area contributed by atoms with Crippen molar-refractivity contribution in [3.05, 3.63) is 64.9 Å². The van der Waals surface area contributed by atoms with Crippen molar-refractivity contribution in [1.29, 1.82) is 0 Å². The fourth-order valence-electron chi connectivity index (χ4n) is 1.77. The summed E-state index contributed by atoms with van der Waals surface area (Å²) in [6, 6.07) is 11.3. The van der Waals surface area contributed by atoms with Crippen LogP contribution in [0.5, 0.6) is 0 Å². The number of carbonyl (C=O) groups excluding carboxylic acids is 1. The second kappa shape index (κ2) is 7.54. The maximum atomic E-state index is 12.8. The van der Waals surface area contributed by atoms with Crippen molar-refractivity contribution in [3.63, 3.8) is 0 Å². The molecule has 2 aromatic rings. The molecule has 0 heterocycles. The number of carbonyl (C=O) groups is 1. The topological polar surface area (TPSA) is 75.3 Å². The van der Waals surface area contributed by atoms with Crippen LogP contribution in [0.4, 0.5) is 4.39 Å². The highest BCUT2D eigenvalue weighted by Gasteiger charge is 2.15. The van der Waals surface area contributed by atoms with Gasteiger partial charge in [-0.25, -0.2) is 17.5 Å². The van der Waals surface area contributed by atoms with E-state index >= 15 is 0 Å². The summed E-state index contributed by atoms with van der Waals surface area (Å²) in [5.41, 5.74) is 0.798. The Hall–Kier alpha value is -1.96. The minimum atomic E-state index is -3.86. The molecule has 5 nitrogen and oxygen atoms in total. The normalized spacial score (nSPS) is 11.2. The highest BCUT2D eigenvalue weighted by Crippen LogP contribution is 2.10. The molecule has 0 aliphatic heterocycles. The minimum absolute atomic E-state index is 0.110. The van der Waals surface area contributed by atoms with E-state index in [4.69, 9.17) is 11.6 Å². The lowest BCUT2D eigenvalue weighted by atomic mass is 10.2. The number of hydrogen-bond donors (Lipinski definition) is 2. The summed E-state index contributed by atoms with van der Waals surface area (Å²) >= 11 is 5.83. The van der Waals surface area contributed by atoms with E-state index < -0.39 is 28.3 Å². The van der Waals surface area contributed by atoms with Crippen molar-refractivity contribution in [2.24, 2.45) is 0 Å². The first kappa shape index (κ1) is 17.4. The first-order chi connectivity index (χ1) is 10.9. The molecular formula is C15H14ClFN2O3S. The van der Waals surface area contributed by atoms with Gasteiger partial charge in [0.05, 0.1) is 11.4 Å². The second-order valence-electron chi connectivity index (χ2n) is 4.69. The molecule has 2 aromatic carbocycles. The van der Waals surface area contributed by atoms with E-state index in [1.807, 2.05) is 0 Å². The second-order valence-corrected chi connectivity index (χ2v) is 6.89. The quantitative estimate of drug-likeness (QED) is 0.832. The van der Waals surface area contributed by atoms with Crippen molar-refractivity contribution in [2.45, 2.75) is 11.4 Å². The molecule has 0 fully saturated rings. The number of amides is 1. The first-order valence-electron chi connectivity index (χ1n) is 6.63. The number of benzene rings is 2. The third-order valence-corrected chi connectivity index (χ3v) is 4.58. The van der Waals surface area contributed by atoms with E-state index in [0.29, 0.717) is 5.02 Å². The van der Waals surface area contributed by atoms with Crippen LogP contribution in [0.1, 0.15) is 5.56 Å². The summed E-state index contributed by atoms with van der Waals surface area (Å²) in [5.74, 6) is -1.03. The van der Waals surface area contributed by atoms with E-state index in [-0.39, 0.29) is 11.4 Å². The molecule has 0 saturated carbocycles. The van der Waals surface area contributed by atoms with Crippen LogP contribution in [0.25, 0.3) is 0 Å². The highest BCUT2D eigenvalue weighted by atomic mass is 35.5. The van der Waals surface area contributed by atoms with Crippen molar-refractivity contribution in [3.8, 4) is 0 Å². The van der Waals surface area contributed by atoms with Crippen molar-refractivity contribution in [2.75, 3.05) is 6.54 Å². The highest BCUT2D eigenvalue weighted by molar-refractivity contribution is 7.89. The monoisotopic (exact) mass is 356 g/mol. The lowest BCUT2D eigenvalue weighted by molar-refractivity contribution is -0.120. The molecule has 0 bridgehead atoms. The molecule has 0 aromatic heterocycles. The van der Waals surface area contributed by atoms with Crippen LogP contribution in [0.3, 0.4) is 0 Å². The molecule has 2 N–H and O–H groups in total. The molecular weight excluding hydrogens is 343 g/mol. The van der Waals surface area contributed by atoms with Gasteiger partial charge in [0.15, 0.2) is 0 Å². The van der Waals surface area contributed by atoms with Gasteiger partial charge in [0.25, 0.3) is 0 Å². The third kappa shape index (κ3) is 5.31. The predicted octanol–water partition coefficient (Wildman–Crippen LogP) is 2.07. The SMILES string of the molecule is O=C(CNS(=O)(=O)c1ccc(F)cc1)NCc1cccc(Cl)c1. The third-order valence-electron chi connectivity index (χ3n) is 2.93. The van der Waals surface area contributed by atoms with E-state index in [0.717, 1.165) is 29.8 Å². The Kier molecular flexibility index (Phi) is 5.70. The molecule has 1 amide bonds. The fraction of sp³-hybridized carbons (Fsp3) is 0.133. The lowest BCUT2D eigenvalue weighted by Crippen LogP contribution is -2.36. The Morgan fingerprint density at radius 3 is 2.48 bits per heavy atom. The van der Waals surface area contributed by atoms with Crippen LogP contribution in [0.15, 0.2) is 53.4 Å². The summed E-state index contributed by atoms with van der Waals surface area (Å²) in [6.07, 6.45) is 0. The van der Waals surface area contributed by atoms with Crippen LogP contribution in [-0.2, 0) is 21.4 Å². The van der Waals surface area contributed by atoms with E-state index in [2.05, 4.69) is 10.0 Å². The molecule has 0 spiro atoms. The zero-order chi connectivity index (χ0) is 16.9. The van der Waals surface area contributed by atoms with Gasteiger partial charge in [-0.2, -0.15) is 0 Å². The Labute approximate surface area is 138 Å². The molecule has 2 rings (SSSR count). The van der Waals surface area contributed by atoms with Crippen molar-refractivity contribution in [1.82, 2.24) is 10.0 Å². The van der Waals surface area contributed by atoms with Gasteiger partial charge in [-0.15, -0.1) is 0 Å². The summed E-state index contributed by atoms with van der Waals surface area (Å²) in [7, 11) is -3.86. The van der Waals surface area contributed by atoms with Crippen molar-refractivity contribution >= 4 is 27.5 Å². The zero-order valence-corrected chi connectivity index (χ0v) is 13.5. The predicted molar refractivity (Wildman–Crippen MR) is 84.9 cm³/mol. The Morgan fingerprint density at radius 2 is 1.83 bits per heavy atom. The van der Waals surface area contributed by atoms with Gasteiger partial charge in [-0.3, -0.25) is 4.79 Å². The van der Waals surface area contributed by atoms with Gasteiger partial charge in [0.1, 0.15) is 5.82 Å². The first-order valence-corrected chi connectivity index (χ1v) is 8.49. The number of rotatable bonds is 6. The Bertz CT molecular complexity index is 795. The van der Waals surface area contributed by atoms with Crippen LogP contribution < -0.4 is 10.0 Å². The van der Waals surface area contributed by atoms with E-state index in [1.165, 1.54) is 0 Å². The average Bonchev–Trinajstić information content (AvgIpc) is 2.51. The Morgan fingerprint density at radius 1 is 1.13 bits per heavy atom. The lowest BCUT2D eigenvalue weighted by Gasteiger charge is -2.08. The van der Waals surface area contributed by atoms with Crippen LogP contribution >= 0.6 is 11.6 Å². The van der Waals surface area contributed by atoms with Gasteiger partial charge in [0, 0.05) is 11.6 Å². The summed E-state index contributed by atoms with van der Waals surface area (Å²) < 4.78 is 38.8. The fourth-order valence-corrected chi connectivity index (χ4v) is 2.96. The standard InChI is InChI=1S/C15H14ClFN2O3S/c16-12-3-1-2-11(8-12)9-18-15(20)10-19-23(21,22)14-6-4-13(17)5-7-14/h1-8,19H,9-10H2,(H,18,20). The Balaban J connectivity index is 1.87. The van der Waals surface area contributed by atoms with Crippen LogP contribution in [0.2, 0.25) is 5.02 Å². The maximum Gasteiger partial charge on any atom is 0.241 e. The number of halogens is 2. The van der Waals surface area contributed by atoms with Crippen LogP contribution in [0, 0.1) is 5.82 Å². The molecule has 0 saturated heterocycles. The largest absolute Gasteiger partial charge is 0.351 e.